The number of fused-ring (bicyclic) bond motifs is 1. The van der Waals surface area contributed by atoms with Gasteiger partial charge in [-0.1, -0.05) is 29.8 Å². The zero-order chi connectivity index (χ0) is 22.2. The van der Waals surface area contributed by atoms with Crippen molar-refractivity contribution in [2.45, 2.75) is 12.6 Å². The largest absolute Gasteiger partial charge is 0.507 e. The molecule has 1 N–H and O–H groups in total. The van der Waals surface area contributed by atoms with Crippen LogP contribution in [0.5, 0.6) is 11.5 Å². The van der Waals surface area contributed by atoms with Crippen molar-refractivity contribution in [1.82, 2.24) is 9.88 Å². The van der Waals surface area contributed by atoms with Crippen molar-refractivity contribution in [3.8, 4) is 11.5 Å². The monoisotopic (exact) mass is 448 g/mol. The molecule has 0 spiro atoms. The molecular formula is C24H17ClN2O5. The summed E-state index contributed by atoms with van der Waals surface area (Å²) >= 11 is 6.20. The van der Waals surface area contributed by atoms with E-state index < -0.39 is 17.7 Å². The summed E-state index contributed by atoms with van der Waals surface area (Å²) in [4.78, 5) is 31.7. The molecular weight excluding hydrogens is 432 g/mol. The van der Waals surface area contributed by atoms with Crippen molar-refractivity contribution in [2.75, 3.05) is 6.79 Å². The van der Waals surface area contributed by atoms with Crippen LogP contribution < -0.4 is 9.47 Å². The van der Waals surface area contributed by atoms with Gasteiger partial charge in [-0.3, -0.25) is 14.6 Å². The lowest BCUT2D eigenvalue weighted by atomic mass is 9.95. The van der Waals surface area contributed by atoms with Gasteiger partial charge in [0.1, 0.15) is 5.76 Å². The lowest BCUT2D eigenvalue weighted by molar-refractivity contribution is -0.140. The Morgan fingerprint density at radius 3 is 2.72 bits per heavy atom. The molecule has 32 heavy (non-hydrogen) atoms. The van der Waals surface area contributed by atoms with E-state index in [2.05, 4.69) is 4.98 Å². The fourth-order valence-corrected chi connectivity index (χ4v) is 4.15. The predicted octanol–water partition coefficient (Wildman–Crippen LogP) is 4.09. The van der Waals surface area contributed by atoms with Crippen molar-refractivity contribution in [3.63, 3.8) is 0 Å². The molecule has 1 saturated heterocycles. The molecule has 1 unspecified atom stereocenters. The van der Waals surface area contributed by atoms with Crippen molar-refractivity contribution in [2.24, 2.45) is 0 Å². The normalized spacial score (nSPS) is 18.9. The number of aliphatic hydroxyl groups is 1. The standard InChI is InChI=1S/C24H17ClN2O5/c25-17-5-1-4-15(9-17)21-20(22(28)16-6-7-18-19(10-16)32-13-31-18)23(29)24(30)27(21)12-14-3-2-8-26-11-14/h1-11,21,28H,12-13H2. The minimum Gasteiger partial charge on any atom is -0.507 e. The van der Waals surface area contributed by atoms with Gasteiger partial charge in [-0.05, 0) is 47.5 Å². The molecule has 2 aliphatic heterocycles. The Bertz CT molecular complexity index is 1260. The number of benzene rings is 2. The molecule has 0 bridgehead atoms. The van der Waals surface area contributed by atoms with Gasteiger partial charge < -0.3 is 19.5 Å². The van der Waals surface area contributed by atoms with Gasteiger partial charge >= 0.3 is 0 Å². The number of pyridine rings is 1. The minimum absolute atomic E-state index is 0.0139. The average molecular weight is 449 g/mol. The predicted molar refractivity (Wildman–Crippen MR) is 116 cm³/mol. The molecule has 0 radical (unpaired) electrons. The number of ketones is 1. The summed E-state index contributed by atoms with van der Waals surface area (Å²) in [7, 11) is 0. The van der Waals surface area contributed by atoms with Gasteiger partial charge in [0.2, 0.25) is 6.79 Å². The molecule has 1 amide bonds. The van der Waals surface area contributed by atoms with E-state index in [1.807, 2.05) is 6.07 Å². The molecule has 0 saturated carbocycles. The Balaban J connectivity index is 1.65. The Kier molecular flexibility index (Phi) is 5.03. The van der Waals surface area contributed by atoms with Crippen LogP contribution in [-0.2, 0) is 16.1 Å². The third kappa shape index (κ3) is 3.46. The number of hydrogen-bond donors (Lipinski definition) is 1. The number of carbonyl (C=O) groups excluding carboxylic acids is 2. The van der Waals surface area contributed by atoms with Crippen molar-refractivity contribution < 1.29 is 24.2 Å². The van der Waals surface area contributed by atoms with Crippen LogP contribution in [0.25, 0.3) is 5.76 Å². The van der Waals surface area contributed by atoms with E-state index in [1.165, 1.54) is 4.90 Å². The van der Waals surface area contributed by atoms with Crippen molar-refractivity contribution in [3.05, 3.63) is 94.3 Å². The Hall–Kier alpha value is -3.84. The number of amides is 1. The number of ether oxygens (including phenoxy) is 2. The van der Waals surface area contributed by atoms with E-state index in [0.29, 0.717) is 27.6 Å². The SMILES string of the molecule is O=C1C(=O)N(Cc2cccnc2)C(c2cccc(Cl)c2)C1=C(O)c1ccc2c(c1)OCO2. The smallest absolute Gasteiger partial charge is 0.295 e. The highest BCUT2D eigenvalue weighted by Gasteiger charge is 2.46. The second-order valence-electron chi connectivity index (χ2n) is 7.41. The molecule has 3 heterocycles. The van der Waals surface area contributed by atoms with Crippen LogP contribution in [-0.4, -0.2) is 33.5 Å². The van der Waals surface area contributed by atoms with Crippen molar-refractivity contribution >= 4 is 29.1 Å². The number of likely N-dealkylation sites (tertiary alicyclic amines) is 1. The fourth-order valence-electron chi connectivity index (χ4n) is 3.95. The quantitative estimate of drug-likeness (QED) is 0.367. The number of aromatic nitrogens is 1. The van der Waals surface area contributed by atoms with Crippen LogP contribution in [0.3, 0.4) is 0 Å². The highest BCUT2D eigenvalue weighted by Crippen LogP contribution is 2.42. The number of Topliss-reactive ketones (excluding diaryl/α,β-unsaturated/α-hetero) is 1. The van der Waals surface area contributed by atoms with Crippen LogP contribution in [0.15, 0.2) is 72.6 Å². The highest BCUT2D eigenvalue weighted by molar-refractivity contribution is 6.46. The number of halogens is 1. The second-order valence-corrected chi connectivity index (χ2v) is 7.85. The first-order chi connectivity index (χ1) is 15.5. The van der Waals surface area contributed by atoms with Gasteiger partial charge in [-0.15, -0.1) is 0 Å². The molecule has 1 aromatic heterocycles. The molecule has 2 aliphatic rings. The molecule has 3 aromatic rings. The zero-order valence-electron chi connectivity index (χ0n) is 16.7. The average Bonchev–Trinajstić information content (AvgIpc) is 3.37. The van der Waals surface area contributed by atoms with Crippen molar-refractivity contribution in [1.29, 1.82) is 0 Å². The topological polar surface area (TPSA) is 89.0 Å². The zero-order valence-corrected chi connectivity index (χ0v) is 17.5. The van der Waals surface area contributed by atoms with Gasteiger partial charge in [0, 0.05) is 29.5 Å². The summed E-state index contributed by atoms with van der Waals surface area (Å²) in [5.74, 6) is -0.765. The maximum atomic E-state index is 13.1. The van der Waals surface area contributed by atoms with E-state index in [0.717, 1.165) is 5.56 Å². The number of nitrogens with zero attached hydrogens (tertiary/aromatic N) is 2. The lowest BCUT2D eigenvalue weighted by Gasteiger charge is -2.25. The molecule has 1 atom stereocenters. The lowest BCUT2D eigenvalue weighted by Crippen LogP contribution is -2.29. The summed E-state index contributed by atoms with van der Waals surface area (Å²) in [6.45, 7) is 0.227. The number of rotatable bonds is 4. The van der Waals surface area contributed by atoms with E-state index in [1.54, 1.807) is 60.9 Å². The summed E-state index contributed by atoms with van der Waals surface area (Å²) in [6, 6.07) is 14.5. The Morgan fingerprint density at radius 2 is 1.94 bits per heavy atom. The van der Waals surface area contributed by atoms with Crippen LogP contribution >= 0.6 is 11.6 Å². The van der Waals surface area contributed by atoms with E-state index in [9.17, 15) is 14.7 Å². The van der Waals surface area contributed by atoms with Gasteiger partial charge in [-0.25, -0.2) is 0 Å². The van der Waals surface area contributed by atoms with Crippen LogP contribution in [0.4, 0.5) is 0 Å². The van der Waals surface area contributed by atoms with Crippen LogP contribution in [0.2, 0.25) is 5.02 Å². The van der Waals surface area contributed by atoms with E-state index in [4.69, 9.17) is 21.1 Å². The molecule has 160 valence electrons. The molecule has 1 fully saturated rings. The van der Waals surface area contributed by atoms with E-state index >= 15 is 0 Å². The maximum absolute atomic E-state index is 13.1. The molecule has 5 rings (SSSR count). The molecule has 8 heteroatoms. The molecule has 0 aliphatic carbocycles. The minimum atomic E-state index is -0.820. The van der Waals surface area contributed by atoms with Gasteiger partial charge in [-0.2, -0.15) is 0 Å². The number of aliphatic hydroxyl groups excluding tert-OH is 1. The van der Waals surface area contributed by atoms with Gasteiger partial charge in [0.25, 0.3) is 11.7 Å². The summed E-state index contributed by atoms with van der Waals surface area (Å²) in [6.07, 6.45) is 3.26. The Morgan fingerprint density at radius 1 is 1.09 bits per heavy atom. The second kappa shape index (κ2) is 8.01. The summed E-state index contributed by atoms with van der Waals surface area (Å²) < 4.78 is 10.7. The van der Waals surface area contributed by atoms with E-state index in [-0.39, 0.29) is 24.7 Å². The summed E-state index contributed by atoms with van der Waals surface area (Å²) in [5.41, 5.74) is 1.70. The Labute approximate surface area is 188 Å². The van der Waals surface area contributed by atoms with Gasteiger partial charge in [0.05, 0.1) is 11.6 Å². The first-order valence-electron chi connectivity index (χ1n) is 9.86. The first-order valence-corrected chi connectivity index (χ1v) is 10.2. The highest BCUT2D eigenvalue weighted by atomic mass is 35.5. The molecule has 7 nitrogen and oxygen atoms in total. The van der Waals surface area contributed by atoms with Gasteiger partial charge in [0.15, 0.2) is 11.5 Å². The molecule has 2 aromatic carbocycles. The van der Waals surface area contributed by atoms with Crippen LogP contribution in [0, 0.1) is 0 Å². The number of carbonyl (C=O) groups is 2. The van der Waals surface area contributed by atoms with Crippen LogP contribution in [0.1, 0.15) is 22.7 Å². The third-order valence-electron chi connectivity index (χ3n) is 5.43. The summed E-state index contributed by atoms with van der Waals surface area (Å²) in [5, 5.41) is 11.6. The first kappa shape index (κ1) is 20.1. The number of hydrogen-bond acceptors (Lipinski definition) is 6. The fraction of sp³-hybridized carbons (Fsp3) is 0.125. The maximum Gasteiger partial charge on any atom is 0.295 e. The third-order valence-corrected chi connectivity index (χ3v) is 5.66.